The van der Waals surface area contributed by atoms with Crippen LogP contribution in [0.1, 0.15) is 128 Å². The van der Waals surface area contributed by atoms with Gasteiger partial charge in [-0.15, -0.1) is 0 Å². The number of esters is 4. The molecule has 5 aliphatic rings. The van der Waals surface area contributed by atoms with E-state index in [9.17, 15) is 122 Å². The molecule has 1 aromatic heterocycles. The van der Waals surface area contributed by atoms with E-state index in [2.05, 4.69) is 30.2 Å². The molecule has 123 heavy (non-hydrogen) atoms. The number of carbonyl (C=O) groups is 9. The Hall–Kier alpha value is -14.2. The SMILES string of the molecule is COC(=O)[C@@H]1CCCN1C(=O)c1c(F)ccc(N)c1F.COC(=O)[C@@H]1CCCN1C(=O)c1c(F)ccc(Nc2c(NC(c3ccc(C)o3)C3(C)COC3)c(=O)c2=O)c1F.COC(=O)[C@@H]1CCCN1C(=O)c1c(F)ccc(Nc2c(OC)c(=O)c2=O)c1F.COC(=O)[C@@H]1CCCN1C(=O)c1c(F)ccc([N+](=O)[O-])c1F.O=C(O)c1c(F)ccc([N+](=O)[O-])c1F. The Labute approximate surface area is 685 Å². The number of nitrogens with one attached hydrogen (secondary N) is 3. The summed E-state index contributed by atoms with van der Waals surface area (Å²) in [7, 11) is 5.83. The van der Waals surface area contributed by atoms with Crippen LogP contribution < -0.4 is 48.1 Å². The Balaban J connectivity index is 0.000000182. The van der Waals surface area contributed by atoms with E-state index in [1.807, 2.05) is 6.92 Å². The number of aromatic carboxylic acids is 1. The highest BCUT2D eigenvalue weighted by atomic mass is 19.2. The van der Waals surface area contributed by atoms with E-state index in [4.69, 9.17) is 29.5 Å². The molecule has 5 aliphatic heterocycles. The maximum Gasteiger partial charge on any atom is 0.341 e. The minimum absolute atomic E-state index is 0.0888. The number of halogens is 10. The van der Waals surface area contributed by atoms with E-state index in [1.165, 1.54) is 14.2 Å². The number of ether oxygens (including phenoxy) is 6. The van der Waals surface area contributed by atoms with Crippen molar-refractivity contribution in [1.29, 1.82) is 0 Å². The molecular formula is C78H72F10N10O25. The number of aryl methyl sites for hydroxylation is 1. The first-order valence-corrected chi connectivity index (χ1v) is 36.5. The van der Waals surface area contributed by atoms with Crippen molar-refractivity contribution in [3.05, 3.63) is 231 Å². The third-order valence-corrected chi connectivity index (χ3v) is 20.3. The molecule has 6 N–H and O–H groups in total. The number of benzene rings is 5. The molecule has 13 rings (SSSR count). The zero-order chi connectivity index (χ0) is 90.8. The van der Waals surface area contributed by atoms with Crippen LogP contribution in [0.15, 0.2) is 96.4 Å². The van der Waals surface area contributed by atoms with Crippen LogP contribution in [-0.4, -0.2) is 187 Å². The van der Waals surface area contributed by atoms with Gasteiger partial charge in [0.1, 0.15) is 110 Å². The van der Waals surface area contributed by atoms with Crippen molar-refractivity contribution in [1.82, 2.24) is 19.6 Å². The van der Waals surface area contributed by atoms with Crippen molar-refractivity contribution in [2.24, 2.45) is 5.41 Å². The summed E-state index contributed by atoms with van der Waals surface area (Å²) >= 11 is 0. The monoisotopic (exact) mass is 1740 g/mol. The van der Waals surface area contributed by atoms with Crippen LogP contribution in [0, 0.1) is 90.7 Å². The van der Waals surface area contributed by atoms with Crippen molar-refractivity contribution in [2.75, 3.05) is 96.6 Å². The fraction of sp³-hybridized carbons (Fsp3) is 0.346. The molecule has 45 heteroatoms. The second kappa shape index (κ2) is 38.9. The Morgan fingerprint density at radius 1 is 0.472 bits per heavy atom. The van der Waals surface area contributed by atoms with E-state index < -0.39 is 218 Å². The van der Waals surface area contributed by atoms with Gasteiger partial charge in [0.25, 0.3) is 45.3 Å². The number of carboxylic acids is 1. The Morgan fingerprint density at radius 2 is 0.805 bits per heavy atom. The molecular weight excluding hydrogens is 1670 g/mol. The lowest BCUT2D eigenvalue weighted by atomic mass is 9.79. The van der Waals surface area contributed by atoms with Crippen LogP contribution in [0.5, 0.6) is 5.75 Å². The van der Waals surface area contributed by atoms with Gasteiger partial charge >= 0.3 is 41.2 Å². The van der Waals surface area contributed by atoms with Gasteiger partial charge in [-0.3, -0.25) is 58.6 Å². The first-order chi connectivity index (χ1) is 58.2. The fourth-order valence-corrected chi connectivity index (χ4v) is 13.9. The molecule has 5 fully saturated rings. The number of methoxy groups -OCH3 is 5. The highest BCUT2D eigenvalue weighted by molar-refractivity contribution is 6.01. The number of anilines is 6. The van der Waals surface area contributed by atoms with Crippen molar-refractivity contribution in [2.45, 2.75) is 95.4 Å². The summed E-state index contributed by atoms with van der Waals surface area (Å²) < 4.78 is 175. The number of nitrogens with zero attached hydrogens (tertiary/aromatic N) is 6. The maximum atomic E-state index is 15.6. The van der Waals surface area contributed by atoms with Crippen molar-refractivity contribution in [3.63, 3.8) is 0 Å². The van der Waals surface area contributed by atoms with Gasteiger partial charge in [0.05, 0.1) is 81.7 Å². The number of carboxylic acid groups (broad SMARTS) is 1. The fourth-order valence-electron chi connectivity index (χ4n) is 13.9. The summed E-state index contributed by atoms with van der Waals surface area (Å²) in [6.45, 7) is 5.08. The Bertz CT molecular complexity index is 5690. The van der Waals surface area contributed by atoms with Gasteiger partial charge in [-0.25, -0.2) is 59.1 Å². The summed E-state index contributed by atoms with van der Waals surface area (Å²) in [6.07, 6.45) is 3.30. The molecule has 0 spiro atoms. The number of amides is 4. The van der Waals surface area contributed by atoms with Gasteiger partial charge in [0, 0.05) is 43.7 Å². The average molecular weight is 1740 g/mol. The second-order valence-electron chi connectivity index (χ2n) is 27.8. The molecule has 0 aliphatic carbocycles. The van der Waals surface area contributed by atoms with Gasteiger partial charge in [0.2, 0.25) is 11.6 Å². The van der Waals surface area contributed by atoms with Crippen molar-refractivity contribution >= 4 is 99.0 Å². The predicted molar refractivity (Wildman–Crippen MR) is 405 cm³/mol. The number of nitrogen functional groups attached to an aromatic ring is 1. The lowest BCUT2D eigenvalue weighted by Crippen LogP contribution is -2.49. The lowest BCUT2D eigenvalue weighted by Gasteiger charge is -2.44. The average Bonchev–Trinajstić information content (AvgIpc) is 0.951. The quantitative estimate of drug-likeness (QED) is 0.00904. The molecule has 5 atom stereocenters. The number of nitro benzene ring substituents is 2. The number of nitro groups is 2. The number of hydrogen-bond donors (Lipinski definition) is 5. The summed E-state index contributed by atoms with van der Waals surface area (Å²) in [5.74, 6) is -20.3. The molecule has 35 nitrogen and oxygen atoms in total. The van der Waals surface area contributed by atoms with Crippen LogP contribution in [-0.2, 0) is 42.9 Å². The van der Waals surface area contributed by atoms with Crippen molar-refractivity contribution < 1.29 is 135 Å². The highest BCUT2D eigenvalue weighted by Gasteiger charge is 2.47. The summed E-state index contributed by atoms with van der Waals surface area (Å²) in [4.78, 5) is 179. The topological polar surface area (TPSA) is 472 Å². The number of hydrogen-bond acceptors (Lipinski definition) is 28. The Morgan fingerprint density at radius 3 is 1.15 bits per heavy atom. The number of nitrogens with two attached hydrogens (primary N) is 1. The molecule has 1 unspecified atom stereocenters. The van der Waals surface area contributed by atoms with Crippen molar-refractivity contribution in [3.8, 4) is 5.75 Å². The van der Waals surface area contributed by atoms with Gasteiger partial charge in [-0.1, -0.05) is 6.92 Å². The van der Waals surface area contributed by atoms with E-state index in [0.29, 0.717) is 100 Å². The van der Waals surface area contributed by atoms with Gasteiger partial charge in [-0.05, 0) is 119 Å². The molecule has 0 saturated carbocycles. The first-order valence-electron chi connectivity index (χ1n) is 36.5. The smallest absolute Gasteiger partial charge is 0.341 e. The first kappa shape index (κ1) is 92.7. The minimum atomic E-state index is -1.89. The van der Waals surface area contributed by atoms with Gasteiger partial charge < -0.3 is 79.2 Å². The molecule has 5 saturated heterocycles. The summed E-state index contributed by atoms with van der Waals surface area (Å²) in [5.41, 5.74) is -7.22. The third-order valence-electron chi connectivity index (χ3n) is 20.3. The standard InChI is InChI=1S/C27H27F2N3O7.C18H16F2N2O6.C13H12F2N2O5.C13H14F2N2O3.C7H3F2NO4/c1-13-6-9-17(39-13)24(27(2)11-38-12-27)31-21-20(22(33)23(21)34)30-15-8-7-14(28)18(19(15)29)25(35)32-10-4-5-16(32)26(36)37-3;1-27-16-13(14(23)15(16)24)21-9-6-5-8(19)11(12(9)20)17(25)22-7-3-4-10(22)18(26)28-2;1-22-13(19)9-3-2-6-16(9)12(18)10-7(14)4-5-8(11(10)15)17(20)21;1-20-13(19)9-3-2-6-17(9)12(18)10-7(14)4-5-8(16)11(10)15;8-3-1-2-4(10(13)14)6(9)5(3)7(11)12/h6-9,16,24,30-31H,4-5,10-12H2,1-3H3;5-6,10,21H,3-4,7H2,1-2H3;4-5,9H,2-3,6H2,1H3;4-5,9H,2-3,6,16H2,1H3;1-2H,(H,11,12)/t16-,24?;10-;2*9-;/m0000./s1. The zero-order valence-electron chi connectivity index (χ0n) is 65.5. The second-order valence-corrected chi connectivity index (χ2v) is 27.8. The van der Waals surface area contributed by atoms with Gasteiger partial charge in [-0.2, -0.15) is 8.78 Å². The molecule has 7 aromatic carbocycles. The molecule has 8 aromatic rings. The summed E-state index contributed by atoms with van der Waals surface area (Å²) in [5, 5.41) is 37.2. The summed E-state index contributed by atoms with van der Waals surface area (Å²) in [6, 6.07) is 7.44. The third kappa shape index (κ3) is 19.0. The molecule has 4 amide bonds. The van der Waals surface area contributed by atoms with Gasteiger partial charge in [0.15, 0.2) is 23.2 Å². The lowest BCUT2D eigenvalue weighted by molar-refractivity contribution is -0.387. The number of furan rings is 1. The van der Waals surface area contributed by atoms with Crippen LogP contribution in [0.3, 0.4) is 0 Å². The van der Waals surface area contributed by atoms with E-state index >= 15 is 4.39 Å². The van der Waals surface area contributed by atoms with Crippen LogP contribution in [0.4, 0.5) is 89.4 Å². The molecule has 654 valence electrons. The molecule has 6 heterocycles. The zero-order valence-corrected chi connectivity index (χ0v) is 65.5. The predicted octanol–water partition coefficient (Wildman–Crippen LogP) is 8.81. The van der Waals surface area contributed by atoms with Crippen LogP contribution in [0.25, 0.3) is 0 Å². The number of likely N-dealkylation sites (tertiary alicyclic amines) is 4. The maximum absolute atomic E-state index is 15.6. The van der Waals surface area contributed by atoms with E-state index in [1.54, 1.807) is 19.1 Å². The van der Waals surface area contributed by atoms with E-state index in [0.717, 1.165) is 77.3 Å². The molecule has 0 bridgehead atoms. The normalized spacial score (nSPS) is 16.9. The number of rotatable bonds is 20. The van der Waals surface area contributed by atoms with Crippen LogP contribution in [0.2, 0.25) is 0 Å². The largest absolute Gasteiger partial charge is 0.491 e. The minimum Gasteiger partial charge on any atom is -0.491 e. The molecule has 0 radical (unpaired) electrons. The van der Waals surface area contributed by atoms with E-state index in [-0.39, 0.29) is 66.1 Å². The van der Waals surface area contributed by atoms with Crippen LogP contribution >= 0.6 is 0 Å². The Kier molecular flexibility index (Phi) is 29.3. The highest BCUT2D eigenvalue weighted by Crippen LogP contribution is 2.44. The number of carbonyl (C=O) groups excluding carboxylic acids is 8.